The number of amides is 1. The van der Waals surface area contributed by atoms with Gasteiger partial charge in [-0.15, -0.1) is 0 Å². The lowest BCUT2D eigenvalue weighted by atomic mass is 10.2. The molecule has 1 aliphatic rings. The highest BCUT2D eigenvalue weighted by Gasteiger charge is 2.27. The van der Waals surface area contributed by atoms with E-state index in [1.807, 2.05) is 13.0 Å². The Morgan fingerprint density at radius 3 is 2.94 bits per heavy atom. The van der Waals surface area contributed by atoms with E-state index in [9.17, 15) is 4.79 Å². The quantitative estimate of drug-likeness (QED) is 0.857. The number of piperazine rings is 1. The number of aromatic nitrogens is 1. The lowest BCUT2D eigenvalue weighted by molar-refractivity contribution is 0.136. The third-order valence-corrected chi connectivity index (χ3v) is 3.14. The Kier molecular flexibility index (Phi) is 3.55. The molecule has 6 nitrogen and oxygen atoms in total. The molecule has 1 N–H and O–H groups in total. The second-order valence-corrected chi connectivity index (χ2v) is 4.32. The zero-order chi connectivity index (χ0) is 13.1. The van der Waals surface area contributed by atoms with Crippen molar-refractivity contribution in [2.75, 3.05) is 31.6 Å². The summed E-state index contributed by atoms with van der Waals surface area (Å²) in [5.74, 6) is 1.58. The van der Waals surface area contributed by atoms with Gasteiger partial charge in [-0.1, -0.05) is 0 Å². The molecule has 1 fully saturated rings. The molecule has 6 heteroatoms. The van der Waals surface area contributed by atoms with Gasteiger partial charge >= 0.3 is 6.09 Å². The molecule has 1 aliphatic heterocycles. The minimum absolute atomic E-state index is 0.106. The Balaban J connectivity index is 2.12. The van der Waals surface area contributed by atoms with E-state index in [0.717, 1.165) is 11.6 Å². The Labute approximate surface area is 106 Å². The molecule has 0 bridgehead atoms. The zero-order valence-corrected chi connectivity index (χ0v) is 10.5. The highest BCUT2D eigenvalue weighted by atomic mass is 16.5. The van der Waals surface area contributed by atoms with Gasteiger partial charge in [0.25, 0.3) is 0 Å². The van der Waals surface area contributed by atoms with Crippen molar-refractivity contribution in [3.05, 3.63) is 18.3 Å². The monoisotopic (exact) mass is 251 g/mol. The first kappa shape index (κ1) is 12.5. The first-order chi connectivity index (χ1) is 8.61. The first-order valence-electron chi connectivity index (χ1n) is 5.86. The smallest absolute Gasteiger partial charge is 0.407 e. The molecule has 0 aliphatic carbocycles. The Hall–Kier alpha value is -1.98. The number of hydrogen-bond acceptors (Lipinski definition) is 4. The molecular weight excluding hydrogens is 234 g/mol. The van der Waals surface area contributed by atoms with Crippen LogP contribution in [0.15, 0.2) is 18.3 Å². The topological polar surface area (TPSA) is 65.9 Å². The van der Waals surface area contributed by atoms with Crippen molar-refractivity contribution < 1.29 is 14.6 Å². The largest absolute Gasteiger partial charge is 0.497 e. The van der Waals surface area contributed by atoms with E-state index < -0.39 is 6.09 Å². The number of rotatable bonds is 2. The van der Waals surface area contributed by atoms with E-state index in [2.05, 4.69) is 9.88 Å². The summed E-state index contributed by atoms with van der Waals surface area (Å²) in [6.07, 6.45) is 0.838. The van der Waals surface area contributed by atoms with Crippen LogP contribution in [0.2, 0.25) is 0 Å². The summed E-state index contributed by atoms with van der Waals surface area (Å²) in [5, 5.41) is 8.97. The minimum atomic E-state index is -0.861. The van der Waals surface area contributed by atoms with Crippen LogP contribution in [0.3, 0.4) is 0 Å². The molecule has 98 valence electrons. The molecule has 1 atom stereocenters. The SMILES string of the molecule is COc1ccnc(N2CCN(C(=O)O)C[C@@H]2C)c1. The molecule has 0 aromatic carbocycles. The van der Waals surface area contributed by atoms with Crippen LogP contribution in [0.4, 0.5) is 10.6 Å². The zero-order valence-electron chi connectivity index (χ0n) is 10.5. The third kappa shape index (κ3) is 2.47. The van der Waals surface area contributed by atoms with Crippen LogP contribution >= 0.6 is 0 Å². The van der Waals surface area contributed by atoms with E-state index >= 15 is 0 Å². The van der Waals surface area contributed by atoms with Crippen LogP contribution in [-0.2, 0) is 0 Å². The van der Waals surface area contributed by atoms with E-state index in [1.165, 1.54) is 4.90 Å². The fourth-order valence-corrected chi connectivity index (χ4v) is 2.16. The molecule has 18 heavy (non-hydrogen) atoms. The molecule has 1 aromatic heterocycles. The van der Waals surface area contributed by atoms with Crippen LogP contribution in [-0.4, -0.2) is 53.9 Å². The summed E-state index contributed by atoms with van der Waals surface area (Å²) in [6.45, 7) is 3.64. The van der Waals surface area contributed by atoms with Gasteiger partial charge in [-0.3, -0.25) is 0 Å². The van der Waals surface area contributed by atoms with Crippen LogP contribution in [0.5, 0.6) is 5.75 Å². The van der Waals surface area contributed by atoms with Gasteiger partial charge in [-0.05, 0) is 13.0 Å². The van der Waals surface area contributed by atoms with Gasteiger partial charge in [0.1, 0.15) is 11.6 Å². The summed E-state index contributed by atoms with van der Waals surface area (Å²) < 4.78 is 5.17. The number of carboxylic acid groups (broad SMARTS) is 1. The Morgan fingerprint density at radius 2 is 2.33 bits per heavy atom. The highest BCUT2D eigenvalue weighted by Crippen LogP contribution is 2.22. The maximum Gasteiger partial charge on any atom is 0.407 e. The maximum absolute atomic E-state index is 10.9. The summed E-state index contributed by atoms with van der Waals surface area (Å²) >= 11 is 0. The Morgan fingerprint density at radius 1 is 1.56 bits per heavy atom. The molecule has 0 radical (unpaired) electrons. The predicted octanol–water partition coefficient (Wildman–Crippen LogP) is 1.28. The van der Waals surface area contributed by atoms with Crippen molar-refractivity contribution in [2.45, 2.75) is 13.0 Å². The van der Waals surface area contributed by atoms with Crippen molar-refractivity contribution in [3.63, 3.8) is 0 Å². The number of nitrogens with zero attached hydrogens (tertiary/aromatic N) is 3. The molecule has 1 aromatic rings. The number of ether oxygens (including phenoxy) is 1. The van der Waals surface area contributed by atoms with E-state index in [0.29, 0.717) is 19.6 Å². The molecule has 1 amide bonds. The van der Waals surface area contributed by atoms with Gasteiger partial charge in [-0.25, -0.2) is 9.78 Å². The van der Waals surface area contributed by atoms with Crippen molar-refractivity contribution in [3.8, 4) is 5.75 Å². The van der Waals surface area contributed by atoms with Crippen LogP contribution in [0.25, 0.3) is 0 Å². The molecule has 2 heterocycles. The molecule has 0 spiro atoms. The average molecular weight is 251 g/mol. The minimum Gasteiger partial charge on any atom is -0.497 e. The Bertz CT molecular complexity index is 438. The van der Waals surface area contributed by atoms with Crippen LogP contribution in [0, 0.1) is 0 Å². The molecule has 1 saturated heterocycles. The van der Waals surface area contributed by atoms with Gasteiger partial charge < -0.3 is 19.6 Å². The number of pyridine rings is 1. The van der Waals surface area contributed by atoms with Gasteiger partial charge in [0.2, 0.25) is 0 Å². The van der Waals surface area contributed by atoms with Crippen LogP contribution in [0.1, 0.15) is 6.92 Å². The summed E-state index contributed by atoms with van der Waals surface area (Å²) in [7, 11) is 1.62. The van der Waals surface area contributed by atoms with Gasteiger partial charge in [0.05, 0.1) is 7.11 Å². The second kappa shape index (κ2) is 5.12. The average Bonchev–Trinajstić information content (AvgIpc) is 2.38. The molecular formula is C12H17N3O3. The number of methoxy groups -OCH3 is 1. The summed E-state index contributed by atoms with van der Waals surface area (Å²) in [6, 6.07) is 3.77. The van der Waals surface area contributed by atoms with E-state index in [4.69, 9.17) is 9.84 Å². The van der Waals surface area contributed by atoms with Gasteiger partial charge in [-0.2, -0.15) is 0 Å². The number of hydrogen-bond donors (Lipinski definition) is 1. The fraction of sp³-hybridized carbons (Fsp3) is 0.500. The van der Waals surface area contributed by atoms with Crippen molar-refractivity contribution >= 4 is 11.9 Å². The van der Waals surface area contributed by atoms with E-state index in [1.54, 1.807) is 19.4 Å². The predicted molar refractivity (Wildman–Crippen MR) is 67.2 cm³/mol. The van der Waals surface area contributed by atoms with Crippen molar-refractivity contribution in [1.82, 2.24) is 9.88 Å². The van der Waals surface area contributed by atoms with Gasteiger partial charge in [0, 0.05) is 37.9 Å². The summed E-state index contributed by atoms with van der Waals surface area (Å²) in [4.78, 5) is 18.8. The highest BCUT2D eigenvalue weighted by molar-refractivity contribution is 5.65. The third-order valence-electron chi connectivity index (χ3n) is 3.14. The van der Waals surface area contributed by atoms with E-state index in [-0.39, 0.29) is 6.04 Å². The lowest BCUT2D eigenvalue weighted by Gasteiger charge is -2.39. The summed E-state index contributed by atoms with van der Waals surface area (Å²) in [5.41, 5.74) is 0. The van der Waals surface area contributed by atoms with Gasteiger partial charge in [0.15, 0.2) is 0 Å². The maximum atomic E-state index is 10.9. The number of anilines is 1. The second-order valence-electron chi connectivity index (χ2n) is 4.32. The fourth-order valence-electron chi connectivity index (χ4n) is 2.16. The normalized spacial score (nSPS) is 19.8. The molecule has 0 unspecified atom stereocenters. The molecule has 0 saturated carbocycles. The standard InChI is InChI=1S/C12H17N3O3/c1-9-8-14(12(16)17)5-6-15(9)11-7-10(18-2)3-4-13-11/h3-4,7,9H,5-6,8H2,1-2H3,(H,16,17)/t9-/m0/s1. The molecule has 2 rings (SSSR count). The lowest BCUT2D eigenvalue weighted by Crippen LogP contribution is -2.53. The van der Waals surface area contributed by atoms with Crippen molar-refractivity contribution in [1.29, 1.82) is 0 Å². The van der Waals surface area contributed by atoms with Crippen molar-refractivity contribution in [2.24, 2.45) is 0 Å². The first-order valence-corrected chi connectivity index (χ1v) is 5.86. The number of carbonyl (C=O) groups is 1. The van der Waals surface area contributed by atoms with Crippen LogP contribution < -0.4 is 9.64 Å².